The Balaban J connectivity index is 2.44. The van der Waals surface area contributed by atoms with Gasteiger partial charge in [0.2, 0.25) is 0 Å². The van der Waals surface area contributed by atoms with Crippen LogP contribution in [0.2, 0.25) is 0 Å². The molecule has 0 fully saturated rings. The Labute approximate surface area is 108 Å². The number of nitrogens with one attached hydrogen (secondary N) is 1. The number of hydrogen-bond acceptors (Lipinski definition) is 3. The lowest BCUT2D eigenvalue weighted by Crippen LogP contribution is -2.07. The lowest BCUT2D eigenvalue weighted by atomic mass is 10.0. The molecule has 0 unspecified atom stereocenters. The summed E-state index contributed by atoms with van der Waals surface area (Å²) >= 11 is 0. The van der Waals surface area contributed by atoms with Crippen molar-refractivity contribution in [3.05, 3.63) is 42.5 Å². The smallest absolute Gasteiger partial charge is 0.0418 e. The van der Waals surface area contributed by atoms with Crippen LogP contribution >= 0.6 is 0 Å². The highest BCUT2D eigenvalue weighted by atomic mass is 15.1. The molecular formula is C15H19N3. The number of rotatable bonds is 3. The molecule has 3 nitrogen and oxygen atoms in total. The lowest BCUT2D eigenvalue weighted by molar-refractivity contribution is 1.13. The van der Waals surface area contributed by atoms with E-state index in [-0.39, 0.29) is 0 Å². The summed E-state index contributed by atoms with van der Waals surface area (Å²) in [6.07, 6.45) is 0. The zero-order valence-electron chi connectivity index (χ0n) is 11.1. The molecule has 0 aromatic heterocycles. The van der Waals surface area contributed by atoms with Crippen LogP contribution in [0.5, 0.6) is 0 Å². The molecule has 0 saturated carbocycles. The van der Waals surface area contributed by atoms with Gasteiger partial charge >= 0.3 is 0 Å². The highest BCUT2D eigenvalue weighted by Gasteiger charge is 2.05. The molecular weight excluding hydrogens is 222 g/mol. The Hall–Kier alpha value is -2.16. The van der Waals surface area contributed by atoms with E-state index in [4.69, 9.17) is 5.73 Å². The van der Waals surface area contributed by atoms with E-state index in [0.29, 0.717) is 0 Å². The summed E-state index contributed by atoms with van der Waals surface area (Å²) in [6.45, 7) is 0. The highest BCUT2D eigenvalue weighted by molar-refractivity contribution is 5.81. The van der Waals surface area contributed by atoms with E-state index in [2.05, 4.69) is 34.5 Å². The summed E-state index contributed by atoms with van der Waals surface area (Å²) in [6, 6.07) is 14.4. The van der Waals surface area contributed by atoms with Crippen molar-refractivity contribution < 1.29 is 0 Å². The predicted molar refractivity (Wildman–Crippen MR) is 80.2 cm³/mol. The van der Waals surface area contributed by atoms with Gasteiger partial charge in [-0.2, -0.15) is 0 Å². The molecule has 18 heavy (non-hydrogen) atoms. The number of benzene rings is 2. The normalized spacial score (nSPS) is 10.2. The van der Waals surface area contributed by atoms with Gasteiger partial charge in [0.15, 0.2) is 0 Å². The first-order valence-corrected chi connectivity index (χ1v) is 5.97. The number of nitrogens with zero attached hydrogens (tertiary/aromatic N) is 1. The first-order valence-electron chi connectivity index (χ1n) is 5.97. The van der Waals surface area contributed by atoms with Gasteiger partial charge in [-0.15, -0.1) is 0 Å². The summed E-state index contributed by atoms with van der Waals surface area (Å²) in [5, 5.41) is 3.19. The van der Waals surface area contributed by atoms with E-state index in [1.807, 2.05) is 39.3 Å². The van der Waals surface area contributed by atoms with Crippen molar-refractivity contribution in [2.24, 2.45) is 0 Å². The molecule has 0 aliphatic rings. The summed E-state index contributed by atoms with van der Waals surface area (Å²) in [4.78, 5) is 2.09. The largest absolute Gasteiger partial charge is 0.399 e. The molecule has 0 spiro atoms. The second-order valence-corrected chi connectivity index (χ2v) is 4.50. The molecule has 0 aliphatic carbocycles. The number of anilines is 3. The molecule has 0 bridgehead atoms. The third kappa shape index (κ3) is 2.40. The van der Waals surface area contributed by atoms with Crippen LogP contribution in [0.4, 0.5) is 17.1 Å². The van der Waals surface area contributed by atoms with Crippen LogP contribution in [0.25, 0.3) is 11.1 Å². The first-order chi connectivity index (χ1) is 8.61. The van der Waals surface area contributed by atoms with Gasteiger partial charge in [-0.3, -0.25) is 0 Å². The number of nitrogen functional groups attached to an aromatic ring is 1. The summed E-state index contributed by atoms with van der Waals surface area (Å²) in [5.74, 6) is 0. The third-order valence-electron chi connectivity index (χ3n) is 3.01. The van der Waals surface area contributed by atoms with Gasteiger partial charge in [-0.05, 0) is 35.9 Å². The van der Waals surface area contributed by atoms with Crippen molar-refractivity contribution >= 4 is 17.1 Å². The van der Waals surface area contributed by atoms with Crippen LogP contribution in [-0.2, 0) is 0 Å². The standard InChI is InChI=1S/C15H19N3/c1-17-15-9-6-12(16)10-14(15)11-4-7-13(8-5-11)18(2)3/h4-10,17H,16H2,1-3H3. The molecule has 0 aliphatic heterocycles. The Morgan fingerprint density at radius 3 is 2.22 bits per heavy atom. The maximum Gasteiger partial charge on any atom is 0.0418 e. The quantitative estimate of drug-likeness (QED) is 0.811. The van der Waals surface area contributed by atoms with Gasteiger partial charge < -0.3 is 16.0 Å². The lowest BCUT2D eigenvalue weighted by Gasteiger charge is -2.14. The van der Waals surface area contributed by atoms with Crippen LogP contribution in [0.1, 0.15) is 0 Å². The first kappa shape index (κ1) is 12.3. The van der Waals surface area contributed by atoms with Gasteiger partial charge in [0.1, 0.15) is 0 Å². The SMILES string of the molecule is CNc1ccc(N)cc1-c1ccc(N(C)C)cc1. The molecule has 2 rings (SSSR count). The molecule has 2 aromatic rings. The van der Waals surface area contributed by atoms with Gasteiger partial charge in [0, 0.05) is 43.8 Å². The van der Waals surface area contributed by atoms with Crippen molar-refractivity contribution in [1.29, 1.82) is 0 Å². The van der Waals surface area contributed by atoms with E-state index in [9.17, 15) is 0 Å². The van der Waals surface area contributed by atoms with E-state index >= 15 is 0 Å². The molecule has 0 amide bonds. The van der Waals surface area contributed by atoms with E-state index in [0.717, 1.165) is 22.5 Å². The van der Waals surface area contributed by atoms with Gasteiger partial charge in [0.25, 0.3) is 0 Å². The maximum atomic E-state index is 5.86. The van der Waals surface area contributed by atoms with E-state index in [1.165, 1.54) is 5.69 Å². The van der Waals surface area contributed by atoms with Crippen molar-refractivity contribution in [3.8, 4) is 11.1 Å². The average molecular weight is 241 g/mol. The third-order valence-corrected chi connectivity index (χ3v) is 3.01. The Kier molecular flexibility index (Phi) is 3.42. The molecule has 2 aromatic carbocycles. The molecule has 0 saturated heterocycles. The van der Waals surface area contributed by atoms with E-state index in [1.54, 1.807) is 0 Å². The van der Waals surface area contributed by atoms with Crippen LogP contribution in [-0.4, -0.2) is 21.1 Å². The van der Waals surface area contributed by atoms with Gasteiger partial charge in [0.05, 0.1) is 0 Å². The summed E-state index contributed by atoms with van der Waals surface area (Å²) in [7, 11) is 5.99. The minimum atomic E-state index is 0.778. The van der Waals surface area contributed by atoms with Gasteiger partial charge in [-0.1, -0.05) is 12.1 Å². The second-order valence-electron chi connectivity index (χ2n) is 4.50. The Morgan fingerprint density at radius 2 is 1.67 bits per heavy atom. The van der Waals surface area contributed by atoms with Crippen LogP contribution in [0.15, 0.2) is 42.5 Å². The molecule has 0 atom stereocenters. The predicted octanol–water partition coefficient (Wildman–Crippen LogP) is 3.04. The fourth-order valence-corrected chi connectivity index (χ4v) is 1.96. The van der Waals surface area contributed by atoms with Crippen molar-refractivity contribution in [2.45, 2.75) is 0 Å². The fourth-order valence-electron chi connectivity index (χ4n) is 1.96. The molecule has 3 heteroatoms. The average Bonchev–Trinajstić information content (AvgIpc) is 2.39. The summed E-state index contributed by atoms with van der Waals surface area (Å²) < 4.78 is 0. The Morgan fingerprint density at radius 1 is 1.00 bits per heavy atom. The van der Waals surface area contributed by atoms with Crippen molar-refractivity contribution in [3.63, 3.8) is 0 Å². The zero-order valence-corrected chi connectivity index (χ0v) is 11.1. The zero-order chi connectivity index (χ0) is 13.1. The molecule has 0 radical (unpaired) electrons. The monoisotopic (exact) mass is 241 g/mol. The van der Waals surface area contributed by atoms with Crippen LogP contribution < -0.4 is 16.0 Å². The van der Waals surface area contributed by atoms with Gasteiger partial charge in [-0.25, -0.2) is 0 Å². The second kappa shape index (κ2) is 5.00. The highest BCUT2D eigenvalue weighted by Crippen LogP contribution is 2.30. The maximum absolute atomic E-state index is 5.86. The Bertz CT molecular complexity index is 530. The number of nitrogens with two attached hydrogens (primary N) is 1. The summed E-state index contributed by atoms with van der Waals surface area (Å²) in [5.41, 5.74) is 11.2. The topological polar surface area (TPSA) is 41.3 Å². The van der Waals surface area contributed by atoms with Crippen molar-refractivity contribution in [1.82, 2.24) is 0 Å². The van der Waals surface area contributed by atoms with Crippen LogP contribution in [0.3, 0.4) is 0 Å². The molecule has 3 N–H and O–H groups in total. The molecule has 94 valence electrons. The fraction of sp³-hybridized carbons (Fsp3) is 0.200. The molecule has 0 heterocycles. The van der Waals surface area contributed by atoms with E-state index < -0.39 is 0 Å². The van der Waals surface area contributed by atoms with Crippen LogP contribution in [0, 0.1) is 0 Å². The minimum absolute atomic E-state index is 0.778. The van der Waals surface area contributed by atoms with Crippen molar-refractivity contribution in [2.75, 3.05) is 37.1 Å². The minimum Gasteiger partial charge on any atom is -0.399 e. The number of hydrogen-bond donors (Lipinski definition) is 2.